The largest absolute Gasteiger partial charge is 0.315 e. The summed E-state index contributed by atoms with van der Waals surface area (Å²) in [6.07, 6.45) is 1.49. The summed E-state index contributed by atoms with van der Waals surface area (Å²) in [5, 5.41) is 5.11. The Kier molecular flexibility index (Phi) is 3.96. The molecule has 0 amide bonds. The Morgan fingerprint density at radius 2 is 2.44 bits per heavy atom. The highest BCUT2D eigenvalue weighted by Gasteiger charge is 2.20. The monoisotopic (exact) mass is 260 g/mol. The molecule has 1 aliphatic rings. The van der Waals surface area contributed by atoms with E-state index in [9.17, 15) is 8.42 Å². The van der Waals surface area contributed by atoms with Gasteiger partial charge in [-0.2, -0.15) is 0 Å². The molecule has 1 atom stereocenters. The molecule has 2 heterocycles. The van der Waals surface area contributed by atoms with Gasteiger partial charge in [0.05, 0.1) is 5.75 Å². The SMILES string of the molecule is O=S(=O)(CCc1cccs1)NC1CCNC1. The van der Waals surface area contributed by atoms with Crippen molar-refractivity contribution < 1.29 is 8.42 Å². The predicted molar refractivity (Wildman–Crippen MR) is 66.2 cm³/mol. The highest BCUT2D eigenvalue weighted by Crippen LogP contribution is 2.10. The van der Waals surface area contributed by atoms with Crippen molar-refractivity contribution in [3.63, 3.8) is 0 Å². The summed E-state index contributed by atoms with van der Waals surface area (Å²) < 4.78 is 26.2. The van der Waals surface area contributed by atoms with Gasteiger partial charge in [-0.15, -0.1) is 11.3 Å². The zero-order chi connectivity index (χ0) is 11.4. The topological polar surface area (TPSA) is 58.2 Å². The van der Waals surface area contributed by atoms with E-state index < -0.39 is 10.0 Å². The van der Waals surface area contributed by atoms with Crippen LogP contribution in [-0.4, -0.2) is 33.3 Å². The number of hydrogen-bond donors (Lipinski definition) is 2. The Balaban J connectivity index is 1.82. The van der Waals surface area contributed by atoms with Gasteiger partial charge in [0, 0.05) is 17.5 Å². The van der Waals surface area contributed by atoms with E-state index in [1.807, 2.05) is 17.5 Å². The predicted octanol–water partition coefficient (Wildman–Crippen LogP) is 0.572. The Hall–Kier alpha value is -0.430. The number of nitrogens with one attached hydrogen (secondary N) is 2. The van der Waals surface area contributed by atoms with Crippen LogP contribution in [0.2, 0.25) is 0 Å². The lowest BCUT2D eigenvalue weighted by Gasteiger charge is -2.11. The quantitative estimate of drug-likeness (QED) is 0.814. The second-order valence-electron chi connectivity index (χ2n) is 3.96. The van der Waals surface area contributed by atoms with Crippen molar-refractivity contribution in [3.8, 4) is 0 Å². The molecular formula is C10H16N2O2S2. The third-order valence-electron chi connectivity index (χ3n) is 2.60. The Labute approximate surface area is 100 Å². The molecule has 4 nitrogen and oxygen atoms in total. The van der Waals surface area contributed by atoms with Gasteiger partial charge in [0.25, 0.3) is 0 Å². The zero-order valence-electron chi connectivity index (χ0n) is 8.98. The minimum atomic E-state index is -3.12. The summed E-state index contributed by atoms with van der Waals surface area (Å²) in [4.78, 5) is 1.12. The molecule has 0 spiro atoms. The molecule has 1 aromatic rings. The second-order valence-corrected chi connectivity index (χ2v) is 6.86. The van der Waals surface area contributed by atoms with Gasteiger partial charge in [0.2, 0.25) is 10.0 Å². The summed E-state index contributed by atoms with van der Waals surface area (Å²) in [5.74, 6) is 0.185. The molecule has 16 heavy (non-hydrogen) atoms. The number of sulfonamides is 1. The Morgan fingerprint density at radius 1 is 1.56 bits per heavy atom. The smallest absolute Gasteiger partial charge is 0.212 e. The number of aryl methyl sites for hydroxylation is 1. The summed E-state index contributed by atoms with van der Waals surface area (Å²) in [5.41, 5.74) is 0. The minimum absolute atomic E-state index is 0.0772. The van der Waals surface area contributed by atoms with Gasteiger partial charge >= 0.3 is 0 Å². The molecule has 0 aromatic carbocycles. The molecule has 0 bridgehead atoms. The summed E-state index contributed by atoms with van der Waals surface area (Å²) in [6, 6.07) is 3.99. The van der Waals surface area contributed by atoms with E-state index >= 15 is 0 Å². The van der Waals surface area contributed by atoms with E-state index in [0.717, 1.165) is 24.4 Å². The van der Waals surface area contributed by atoms with E-state index in [2.05, 4.69) is 10.0 Å². The molecule has 1 saturated heterocycles. The molecule has 1 aromatic heterocycles. The lowest BCUT2D eigenvalue weighted by atomic mass is 10.3. The maximum atomic E-state index is 11.7. The highest BCUT2D eigenvalue weighted by molar-refractivity contribution is 7.89. The van der Waals surface area contributed by atoms with E-state index in [4.69, 9.17) is 0 Å². The van der Waals surface area contributed by atoms with Gasteiger partial charge in [-0.25, -0.2) is 13.1 Å². The lowest BCUT2D eigenvalue weighted by Crippen LogP contribution is -2.38. The summed E-state index contributed by atoms with van der Waals surface area (Å²) >= 11 is 1.60. The average molecular weight is 260 g/mol. The summed E-state index contributed by atoms with van der Waals surface area (Å²) in [6.45, 7) is 1.65. The van der Waals surface area contributed by atoms with Crippen molar-refractivity contribution in [2.24, 2.45) is 0 Å². The molecule has 0 radical (unpaired) electrons. The molecule has 1 aliphatic heterocycles. The minimum Gasteiger partial charge on any atom is -0.315 e. The van der Waals surface area contributed by atoms with Crippen LogP contribution < -0.4 is 10.0 Å². The van der Waals surface area contributed by atoms with Crippen LogP contribution in [-0.2, 0) is 16.4 Å². The van der Waals surface area contributed by atoms with E-state index in [0.29, 0.717) is 6.42 Å². The third-order valence-corrected chi connectivity index (χ3v) is 4.97. The Bertz CT molecular complexity index is 408. The normalized spacial score (nSPS) is 21.4. The second kappa shape index (κ2) is 5.27. The van der Waals surface area contributed by atoms with E-state index in [1.54, 1.807) is 11.3 Å². The molecule has 6 heteroatoms. The first-order chi connectivity index (χ1) is 7.66. The number of rotatable bonds is 5. The summed E-state index contributed by atoms with van der Waals surface area (Å²) in [7, 11) is -3.12. The van der Waals surface area contributed by atoms with E-state index in [-0.39, 0.29) is 11.8 Å². The molecule has 2 rings (SSSR count). The average Bonchev–Trinajstić information content (AvgIpc) is 2.85. The maximum Gasteiger partial charge on any atom is 0.212 e. The first-order valence-electron chi connectivity index (χ1n) is 5.39. The number of thiophene rings is 1. The van der Waals surface area contributed by atoms with Crippen LogP contribution in [0.25, 0.3) is 0 Å². The first kappa shape index (κ1) is 12.0. The molecule has 2 N–H and O–H groups in total. The van der Waals surface area contributed by atoms with Crippen LogP contribution in [0, 0.1) is 0 Å². The molecule has 0 aliphatic carbocycles. The van der Waals surface area contributed by atoms with Crippen LogP contribution in [0.15, 0.2) is 17.5 Å². The fourth-order valence-electron chi connectivity index (χ4n) is 1.76. The first-order valence-corrected chi connectivity index (χ1v) is 7.92. The molecular weight excluding hydrogens is 244 g/mol. The van der Waals surface area contributed by atoms with Crippen molar-refractivity contribution >= 4 is 21.4 Å². The lowest BCUT2D eigenvalue weighted by molar-refractivity contribution is 0.559. The van der Waals surface area contributed by atoms with E-state index in [1.165, 1.54) is 0 Å². The zero-order valence-corrected chi connectivity index (χ0v) is 10.6. The van der Waals surface area contributed by atoms with Crippen molar-refractivity contribution in [1.29, 1.82) is 0 Å². The number of hydrogen-bond acceptors (Lipinski definition) is 4. The van der Waals surface area contributed by atoms with Gasteiger partial charge in [0.1, 0.15) is 0 Å². The molecule has 90 valence electrons. The molecule has 0 saturated carbocycles. The van der Waals surface area contributed by atoms with Gasteiger partial charge in [-0.05, 0) is 30.8 Å². The van der Waals surface area contributed by atoms with Crippen molar-refractivity contribution in [2.75, 3.05) is 18.8 Å². The standard InChI is InChI=1S/C10H16N2O2S2/c13-16(14,12-9-3-5-11-8-9)7-4-10-2-1-6-15-10/h1-2,6,9,11-12H,3-5,7-8H2. The fraction of sp³-hybridized carbons (Fsp3) is 0.600. The van der Waals surface area contributed by atoms with Crippen LogP contribution in [0.3, 0.4) is 0 Å². The van der Waals surface area contributed by atoms with Crippen LogP contribution in [0.5, 0.6) is 0 Å². The van der Waals surface area contributed by atoms with Crippen molar-refractivity contribution in [2.45, 2.75) is 18.9 Å². The molecule has 1 fully saturated rings. The van der Waals surface area contributed by atoms with Gasteiger partial charge < -0.3 is 5.32 Å². The van der Waals surface area contributed by atoms with Gasteiger partial charge in [0.15, 0.2) is 0 Å². The third kappa shape index (κ3) is 3.55. The van der Waals surface area contributed by atoms with Crippen LogP contribution in [0.4, 0.5) is 0 Å². The van der Waals surface area contributed by atoms with Crippen molar-refractivity contribution in [1.82, 2.24) is 10.0 Å². The highest BCUT2D eigenvalue weighted by atomic mass is 32.2. The Morgan fingerprint density at radius 3 is 3.06 bits per heavy atom. The van der Waals surface area contributed by atoms with Gasteiger partial charge in [-0.3, -0.25) is 0 Å². The fourth-order valence-corrected chi connectivity index (χ4v) is 3.91. The molecule has 1 unspecified atom stereocenters. The van der Waals surface area contributed by atoms with Crippen molar-refractivity contribution in [3.05, 3.63) is 22.4 Å². The van der Waals surface area contributed by atoms with Crippen LogP contribution in [0.1, 0.15) is 11.3 Å². The maximum absolute atomic E-state index is 11.7. The van der Waals surface area contributed by atoms with Gasteiger partial charge in [-0.1, -0.05) is 6.07 Å². The van der Waals surface area contributed by atoms with Crippen LogP contribution >= 0.6 is 11.3 Å².